The summed E-state index contributed by atoms with van der Waals surface area (Å²) in [6, 6.07) is 7.98. The minimum Gasteiger partial charge on any atom is -0.478 e. The second-order valence-electron chi connectivity index (χ2n) is 9.40. The van der Waals surface area contributed by atoms with Crippen LogP contribution < -0.4 is 15.8 Å². The van der Waals surface area contributed by atoms with Crippen LogP contribution >= 0.6 is 0 Å². The molecule has 1 aliphatic rings. The normalized spacial score (nSPS) is 14.4. The maximum atomic E-state index is 13.4. The van der Waals surface area contributed by atoms with Crippen molar-refractivity contribution in [2.24, 2.45) is 0 Å². The summed E-state index contributed by atoms with van der Waals surface area (Å²) < 4.78 is 42.5. The molecule has 1 aromatic carbocycles. The zero-order chi connectivity index (χ0) is 27.4. The molecule has 3 aromatic heterocycles. The van der Waals surface area contributed by atoms with Gasteiger partial charge in [0.05, 0.1) is 23.7 Å². The summed E-state index contributed by atoms with van der Waals surface area (Å²) in [5.41, 5.74) is 1.51. The van der Waals surface area contributed by atoms with Crippen molar-refractivity contribution in [3.05, 3.63) is 86.9 Å². The van der Waals surface area contributed by atoms with Crippen LogP contribution in [-0.2, 0) is 19.3 Å². The maximum Gasteiger partial charge on any atom is 0.434 e. The zero-order valence-electron chi connectivity index (χ0n) is 20.9. The highest BCUT2D eigenvalue weighted by molar-refractivity contribution is 5.94. The van der Waals surface area contributed by atoms with Crippen molar-refractivity contribution in [1.29, 1.82) is 0 Å². The molecule has 0 saturated carbocycles. The van der Waals surface area contributed by atoms with Crippen molar-refractivity contribution in [3.63, 3.8) is 0 Å². The van der Waals surface area contributed by atoms with E-state index in [0.717, 1.165) is 11.8 Å². The number of imidazole rings is 1. The maximum absolute atomic E-state index is 13.4. The molecule has 1 aliphatic heterocycles. The monoisotopic (exact) mass is 526 g/mol. The molecule has 4 aromatic rings. The second-order valence-corrected chi connectivity index (χ2v) is 9.40. The number of carboxylic acids is 1. The molecule has 198 valence electrons. The predicted octanol–water partition coefficient (Wildman–Crippen LogP) is 4.42. The number of nitrogens with zero attached hydrogens (tertiary/aromatic N) is 5. The Balaban J connectivity index is 1.57. The zero-order valence-corrected chi connectivity index (χ0v) is 20.9. The molecule has 5 rings (SSSR count). The van der Waals surface area contributed by atoms with Crippen LogP contribution in [0.25, 0.3) is 5.65 Å². The Morgan fingerprint density at radius 3 is 2.58 bits per heavy atom. The summed E-state index contributed by atoms with van der Waals surface area (Å²) in [5.74, 6) is -0.450. The fraction of sp³-hybridized carbons (Fsp3) is 0.308. The lowest BCUT2D eigenvalue weighted by Crippen LogP contribution is -2.36. The number of carbonyl (C=O) groups is 1. The Morgan fingerprint density at radius 1 is 1.13 bits per heavy atom. The van der Waals surface area contributed by atoms with Gasteiger partial charge in [0.1, 0.15) is 17.3 Å². The standard InChI is InChI=1S/C26H25F3N6O3/c1-14-10-18(16(3)30-19-7-5-4-6-17(19)25(37)38)23-32-22(15(2)24(36)35(23)11-14)34-9-8-33-12-20(26(27,28)29)31-21(33)13-34/h4-7,10-12,16,30H,8-9,13H2,1-3H3,(H,37,38)/t16-/m1/s1. The molecule has 0 unspecified atom stereocenters. The quantitative estimate of drug-likeness (QED) is 0.397. The summed E-state index contributed by atoms with van der Waals surface area (Å²) >= 11 is 0. The van der Waals surface area contributed by atoms with Crippen LogP contribution in [0.1, 0.15) is 51.5 Å². The first-order valence-corrected chi connectivity index (χ1v) is 11.9. The van der Waals surface area contributed by atoms with Crippen molar-refractivity contribution in [3.8, 4) is 0 Å². The summed E-state index contributed by atoms with van der Waals surface area (Å²) in [6.07, 6.45) is -1.85. The number of hydrogen-bond donors (Lipinski definition) is 2. The first-order valence-electron chi connectivity index (χ1n) is 11.9. The number of fused-ring (bicyclic) bond motifs is 2. The van der Waals surface area contributed by atoms with Gasteiger partial charge in [-0.2, -0.15) is 13.2 Å². The van der Waals surface area contributed by atoms with E-state index in [1.807, 2.05) is 19.9 Å². The highest BCUT2D eigenvalue weighted by Crippen LogP contribution is 2.31. The Kier molecular flexibility index (Phi) is 6.12. The SMILES string of the molecule is Cc1cc([C@@H](C)Nc2ccccc2C(=O)O)c2nc(N3CCn4cc(C(F)(F)F)nc4C3)c(C)c(=O)n2c1. The molecule has 0 saturated heterocycles. The van der Waals surface area contributed by atoms with Gasteiger partial charge in [-0.15, -0.1) is 0 Å². The average molecular weight is 527 g/mol. The van der Waals surface area contributed by atoms with E-state index in [-0.39, 0.29) is 30.0 Å². The van der Waals surface area contributed by atoms with Crippen LogP contribution in [0.15, 0.2) is 47.5 Å². The summed E-state index contributed by atoms with van der Waals surface area (Å²) in [4.78, 5) is 35.5. The molecule has 0 fully saturated rings. The first kappa shape index (κ1) is 25.3. The van der Waals surface area contributed by atoms with E-state index in [0.29, 0.717) is 34.8 Å². The minimum absolute atomic E-state index is 0.0700. The van der Waals surface area contributed by atoms with Gasteiger partial charge in [-0.3, -0.25) is 9.20 Å². The van der Waals surface area contributed by atoms with E-state index in [1.165, 1.54) is 15.0 Å². The average Bonchev–Trinajstić information content (AvgIpc) is 3.30. The van der Waals surface area contributed by atoms with E-state index < -0.39 is 23.9 Å². The molecule has 0 bridgehead atoms. The van der Waals surface area contributed by atoms with Gasteiger partial charge in [0, 0.05) is 36.7 Å². The third-order valence-electron chi connectivity index (χ3n) is 6.68. The number of anilines is 2. The van der Waals surface area contributed by atoms with Gasteiger partial charge in [0.2, 0.25) is 0 Å². The molecule has 0 amide bonds. The van der Waals surface area contributed by atoms with Gasteiger partial charge in [-0.1, -0.05) is 12.1 Å². The lowest BCUT2D eigenvalue weighted by Gasteiger charge is -2.30. The lowest BCUT2D eigenvalue weighted by atomic mass is 10.1. The van der Waals surface area contributed by atoms with Crippen LogP contribution in [0.4, 0.5) is 24.7 Å². The number of hydrogen-bond acceptors (Lipinski definition) is 6. The number of halogens is 3. The number of carboxylic acid groups (broad SMARTS) is 1. The van der Waals surface area contributed by atoms with Gasteiger partial charge in [0.15, 0.2) is 5.69 Å². The summed E-state index contributed by atoms with van der Waals surface area (Å²) in [6.45, 7) is 6.02. The number of pyridine rings is 1. The van der Waals surface area contributed by atoms with E-state index in [2.05, 4.69) is 10.3 Å². The van der Waals surface area contributed by atoms with Crippen LogP contribution in [0.3, 0.4) is 0 Å². The van der Waals surface area contributed by atoms with Crippen molar-refractivity contribution in [2.75, 3.05) is 16.8 Å². The molecule has 0 spiro atoms. The van der Waals surface area contributed by atoms with E-state index in [1.54, 1.807) is 36.2 Å². The molecule has 0 radical (unpaired) electrons. The summed E-state index contributed by atoms with van der Waals surface area (Å²) in [7, 11) is 0. The van der Waals surface area contributed by atoms with Crippen molar-refractivity contribution in [1.82, 2.24) is 18.9 Å². The fourth-order valence-corrected chi connectivity index (χ4v) is 4.79. The number of aryl methyl sites for hydroxylation is 1. The van der Waals surface area contributed by atoms with Crippen molar-refractivity contribution < 1.29 is 23.1 Å². The smallest absolute Gasteiger partial charge is 0.434 e. The molecule has 4 heterocycles. The van der Waals surface area contributed by atoms with Gasteiger partial charge in [0.25, 0.3) is 5.56 Å². The van der Waals surface area contributed by atoms with Crippen molar-refractivity contribution in [2.45, 2.75) is 46.1 Å². The number of nitrogens with one attached hydrogen (secondary N) is 1. The molecule has 38 heavy (non-hydrogen) atoms. The minimum atomic E-state index is -4.54. The number of para-hydroxylation sites is 1. The molecule has 9 nitrogen and oxygen atoms in total. The topological polar surface area (TPSA) is 105 Å². The molecule has 12 heteroatoms. The van der Waals surface area contributed by atoms with E-state index in [9.17, 15) is 27.9 Å². The van der Waals surface area contributed by atoms with E-state index >= 15 is 0 Å². The van der Waals surface area contributed by atoms with Gasteiger partial charge >= 0.3 is 12.1 Å². The molecule has 1 atom stereocenters. The van der Waals surface area contributed by atoms with E-state index in [4.69, 9.17) is 4.98 Å². The Bertz CT molecular complexity index is 1630. The summed E-state index contributed by atoms with van der Waals surface area (Å²) in [5, 5.41) is 12.8. The molecular weight excluding hydrogens is 501 g/mol. The van der Waals surface area contributed by atoms with Crippen molar-refractivity contribution >= 4 is 23.1 Å². The number of alkyl halides is 3. The number of aromatic carboxylic acids is 1. The first-order chi connectivity index (χ1) is 17.9. The van der Waals surface area contributed by atoms with Gasteiger partial charge in [-0.25, -0.2) is 14.8 Å². The third-order valence-corrected chi connectivity index (χ3v) is 6.68. The lowest BCUT2D eigenvalue weighted by molar-refractivity contribution is -0.141. The highest BCUT2D eigenvalue weighted by Gasteiger charge is 2.36. The number of benzene rings is 1. The predicted molar refractivity (Wildman–Crippen MR) is 135 cm³/mol. The second kappa shape index (κ2) is 9.19. The Hall–Kier alpha value is -4.35. The van der Waals surface area contributed by atoms with Crippen LogP contribution in [0.2, 0.25) is 0 Å². The number of rotatable bonds is 5. The fourth-order valence-electron chi connectivity index (χ4n) is 4.79. The largest absolute Gasteiger partial charge is 0.478 e. The highest BCUT2D eigenvalue weighted by atomic mass is 19.4. The van der Waals surface area contributed by atoms with Gasteiger partial charge < -0.3 is 19.9 Å². The van der Waals surface area contributed by atoms with Crippen LogP contribution in [0.5, 0.6) is 0 Å². The van der Waals surface area contributed by atoms with Crippen LogP contribution in [0, 0.1) is 13.8 Å². The Labute approximate surface area is 215 Å². The Morgan fingerprint density at radius 2 is 1.87 bits per heavy atom. The third kappa shape index (κ3) is 4.46. The number of aromatic nitrogens is 4. The van der Waals surface area contributed by atoms with Gasteiger partial charge in [-0.05, 0) is 44.5 Å². The molecular formula is C26H25F3N6O3. The van der Waals surface area contributed by atoms with Crippen LogP contribution in [-0.4, -0.2) is 36.6 Å². The molecule has 0 aliphatic carbocycles. The molecule has 2 N–H and O–H groups in total.